The van der Waals surface area contributed by atoms with Crippen molar-refractivity contribution in [3.05, 3.63) is 34.9 Å². The van der Waals surface area contributed by atoms with Gasteiger partial charge in [0.2, 0.25) is 0 Å². The van der Waals surface area contributed by atoms with E-state index in [9.17, 15) is 4.79 Å². The second kappa shape index (κ2) is 4.96. The van der Waals surface area contributed by atoms with Crippen LogP contribution in [-0.4, -0.2) is 12.6 Å². The summed E-state index contributed by atoms with van der Waals surface area (Å²) in [6.45, 7) is 8.13. The Balaban J connectivity index is 2.73. The minimum absolute atomic E-state index is 0.216. The molecule has 0 fully saturated rings. The Labute approximate surface area is 91.3 Å². The summed E-state index contributed by atoms with van der Waals surface area (Å²) in [7, 11) is 0. The van der Waals surface area contributed by atoms with Gasteiger partial charge in [-0.1, -0.05) is 30.7 Å². The highest BCUT2D eigenvalue weighted by Gasteiger charge is 2.09. The van der Waals surface area contributed by atoms with Crippen molar-refractivity contribution in [1.29, 1.82) is 0 Å². The second-order valence-corrected chi connectivity index (χ2v) is 4.06. The molecular weight excluding hydrogens is 188 g/mol. The van der Waals surface area contributed by atoms with Gasteiger partial charge in [-0.05, 0) is 25.0 Å². The molecule has 0 heterocycles. The minimum Gasteiger partial charge on any atom is -0.465 e. The highest BCUT2D eigenvalue weighted by molar-refractivity contribution is 5.65. The molecule has 2 nitrogen and oxygen atoms in total. The number of rotatable bonds is 3. The SMILES string of the molecule is CC(=O)OCC(C)c1ccc(C)cc1C. The largest absolute Gasteiger partial charge is 0.465 e. The van der Waals surface area contributed by atoms with Crippen LogP contribution in [0.25, 0.3) is 0 Å². The number of ether oxygens (including phenoxy) is 1. The van der Waals surface area contributed by atoms with Crippen LogP contribution in [0.2, 0.25) is 0 Å². The molecule has 1 unspecified atom stereocenters. The molecule has 1 rings (SSSR count). The van der Waals surface area contributed by atoms with Crippen LogP contribution in [0.3, 0.4) is 0 Å². The van der Waals surface area contributed by atoms with Gasteiger partial charge in [0.05, 0.1) is 6.61 Å². The average molecular weight is 206 g/mol. The molecule has 0 bridgehead atoms. The van der Waals surface area contributed by atoms with Crippen LogP contribution >= 0.6 is 0 Å². The predicted molar refractivity (Wildman–Crippen MR) is 61.0 cm³/mol. The van der Waals surface area contributed by atoms with Gasteiger partial charge in [0.1, 0.15) is 0 Å². The maximum absolute atomic E-state index is 10.7. The molecule has 0 radical (unpaired) electrons. The van der Waals surface area contributed by atoms with Gasteiger partial charge in [-0.3, -0.25) is 4.79 Å². The Hall–Kier alpha value is -1.31. The summed E-state index contributed by atoms with van der Waals surface area (Å²) >= 11 is 0. The van der Waals surface area contributed by atoms with Crippen molar-refractivity contribution in [2.24, 2.45) is 0 Å². The van der Waals surface area contributed by atoms with Crippen molar-refractivity contribution >= 4 is 5.97 Å². The molecule has 0 aromatic heterocycles. The van der Waals surface area contributed by atoms with Gasteiger partial charge < -0.3 is 4.74 Å². The van der Waals surface area contributed by atoms with E-state index in [1.54, 1.807) is 0 Å². The van der Waals surface area contributed by atoms with E-state index in [2.05, 4.69) is 39.0 Å². The van der Waals surface area contributed by atoms with Crippen LogP contribution in [0, 0.1) is 13.8 Å². The lowest BCUT2D eigenvalue weighted by molar-refractivity contribution is -0.141. The first-order chi connectivity index (χ1) is 7.00. The molecule has 0 aliphatic heterocycles. The number of aryl methyl sites for hydroxylation is 2. The van der Waals surface area contributed by atoms with Gasteiger partial charge in [-0.15, -0.1) is 0 Å². The average Bonchev–Trinajstić information content (AvgIpc) is 2.14. The Morgan fingerprint density at radius 2 is 2.07 bits per heavy atom. The van der Waals surface area contributed by atoms with E-state index in [1.807, 2.05) is 0 Å². The van der Waals surface area contributed by atoms with Crippen LogP contribution < -0.4 is 0 Å². The molecule has 0 saturated heterocycles. The lowest BCUT2D eigenvalue weighted by atomic mass is 9.96. The Morgan fingerprint density at radius 3 is 2.60 bits per heavy atom. The van der Waals surface area contributed by atoms with E-state index in [-0.39, 0.29) is 11.9 Å². The zero-order valence-corrected chi connectivity index (χ0v) is 9.83. The fourth-order valence-electron chi connectivity index (χ4n) is 1.71. The normalized spacial score (nSPS) is 12.3. The first-order valence-electron chi connectivity index (χ1n) is 5.21. The fourth-order valence-corrected chi connectivity index (χ4v) is 1.71. The third-order valence-corrected chi connectivity index (χ3v) is 2.49. The topological polar surface area (TPSA) is 26.3 Å². The van der Waals surface area contributed by atoms with E-state index in [1.165, 1.54) is 23.6 Å². The third-order valence-electron chi connectivity index (χ3n) is 2.49. The highest BCUT2D eigenvalue weighted by atomic mass is 16.5. The van der Waals surface area contributed by atoms with Gasteiger partial charge >= 0.3 is 5.97 Å². The summed E-state index contributed by atoms with van der Waals surface area (Å²) in [6, 6.07) is 6.35. The van der Waals surface area contributed by atoms with Gasteiger partial charge in [0.15, 0.2) is 0 Å². The molecule has 15 heavy (non-hydrogen) atoms. The van der Waals surface area contributed by atoms with E-state index in [4.69, 9.17) is 4.74 Å². The third kappa shape index (κ3) is 3.39. The summed E-state index contributed by atoms with van der Waals surface area (Å²) in [6.07, 6.45) is 0. The molecule has 1 aromatic carbocycles. The van der Waals surface area contributed by atoms with Gasteiger partial charge in [-0.25, -0.2) is 0 Å². The monoisotopic (exact) mass is 206 g/mol. The van der Waals surface area contributed by atoms with Crippen molar-refractivity contribution in [2.45, 2.75) is 33.6 Å². The standard InChI is InChI=1S/C13H18O2/c1-9-5-6-13(10(2)7-9)11(3)8-15-12(4)14/h5-7,11H,8H2,1-4H3. The van der Waals surface area contributed by atoms with Crippen LogP contribution in [0.4, 0.5) is 0 Å². The fraction of sp³-hybridized carbons (Fsp3) is 0.462. The first kappa shape index (κ1) is 11.8. The minimum atomic E-state index is -0.216. The summed E-state index contributed by atoms with van der Waals surface area (Å²) in [4.78, 5) is 10.7. The Bertz CT molecular complexity index is 356. The van der Waals surface area contributed by atoms with Crippen molar-refractivity contribution < 1.29 is 9.53 Å². The molecular formula is C13H18O2. The highest BCUT2D eigenvalue weighted by Crippen LogP contribution is 2.20. The Kier molecular flexibility index (Phi) is 3.89. The molecule has 0 aliphatic rings. The molecule has 1 atom stereocenters. The molecule has 0 saturated carbocycles. The number of carbonyl (C=O) groups excluding carboxylic acids is 1. The number of hydrogen-bond donors (Lipinski definition) is 0. The van der Waals surface area contributed by atoms with Crippen molar-refractivity contribution in [1.82, 2.24) is 0 Å². The number of carbonyl (C=O) groups is 1. The zero-order valence-electron chi connectivity index (χ0n) is 9.83. The lowest BCUT2D eigenvalue weighted by Gasteiger charge is -2.14. The summed E-state index contributed by atoms with van der Waals surface area (Å²) < 4.78 is 5.00. The summed E-state index contributed by atoms with van der Waals surface area (Å²) in [5.41, 5.74) is 3.77. The van der Waals surface area contributed by atoms with Gasteiger partial charge in [0.25, 0.3) is 0 Å². The zero-order chi connectivity index (χ0) is 11.4. The van der Waals surface area contributed by atoms with Crippen molar-refractivity contribution in [3.63, 3.8) is 0 Å². The van der Waals surface area contributed by atoms with Crippen LogP contribution in [0.1, 0.15) is 36.5 Å². The number of esters is 1. The molecule has 0 N–H and O–H groups in total. The van der Waals surface area contributed by atoms with Crippen LogP contribution in [0.5, 0.6) is 0 Å². The van der Waals surface area contributed by atoms with Crippen molar-refractivity contribution in [2.75, 3.05) is 6.61 Å². The molecule has 1 aromatic rings. The van der Waals surface area contributed by atoms with E-state index < -0.39 is 0 Å². The van der Waals surface area contributed by atoms with Gasteiger partial charge in [-0.2, -0.15) is 0 Å². The van der Waals surface area contributed by atoms with Crippen molar-refractivity contribution in [3.8, 4) is 0 Å². The summed E-state index contributed by atoms with van der Waals surface area (Å²) in [5, 5.41) is 0. The maximum atomic E-state index is 10.7. The molecule has 0 amide bonds. The molecule has 0 aliphatic carbocycles. The van der Waals surface area contributed by atoms with E-state index in [0.29, 0.717) is 6.61 Å². The second-order valence-electron chi connectivity index (χ2n) is 4.06. The predicted octanol–water partition coefficient (Wildman–Crippen LogP) is 2.97. The summed E-state index contributed by atoms with van der Waals surface area (Å²) in [5.74, 6) is 0.0427. The lowest BCUT2D eigenvalue weighted by Crippen LogP contribution is -2.09. The van der Waals surface area contributed by atoms with E-state index >= 15 is 0 Å². The van der Waals surface area contributed by atoms with Crippen LogP contribution in [0.15, 0.2) is 18.2 Å². The smallest absolute Gasteiger partial charge is 0.302 e. The van der Waals surface area contributed by atoms with E-state index in [0.717, 1.165) is 0 Å². The molecule has 0 spiro atoms. The molecule has 82 valence electrons. The number of benzene rings is 1. The Morgan fingerprint density at radius 1 is 1.40 bits per heavy atom. The maximum Gasteiger partial charge on any atom is 0.302 e. The van der Waals surface area contributed by atoms with Gasteiger partial charge in [0, 0.05) is 12.8 Å². The molecule has 2 heteroatoms. The quantitative estimate of drug-likeness (QED) is 0.711. The van der Waals surface area contributed by atoms with Crippen LogP contribution in [-0.2, 0) is 9.53 Å². The first-order valence-corrected chi connectivity index (χ1v) is 5.21. The number of hydrogen-bond acceptors (Lipinski definition) is 2.